The molecule has 2 aliphatic heterocycles. The van der Waals surface area contributed by atoms with E-state index in [0.717, 1.165) is 0 Å². The van der Waals surface area contributed by atoms with Crippen LogP contribution in [0.3, 0.4) is 0 Å². The predicted octanol–water partition coefficient (Wildman–Crippen LogP) is 5.53. The first-order valence-corrected chi connectivity index (χ1v) is 16.0. The van der Waals surface area contributed by atoms with E-state index < -0.39 is 41.3 Å². The van der Waals surface area contributed by atoms with Crippen molar-refractivity contribution in [2.24, 2.45) is 11.8 Å². The van der Waals surface area contributed by atoms with E-state index in [1.165, 1.54) is 12.7 Å². The van der Waals surface area contributed by atoms with Crippen molar-refractivity contribution in [2.75, 3.05) is 11.1 Å². The number of rotatable bonds is 5. The molecule has 49 heavy (non-hydrogen) atoms. The van der Waals surface area contributed by atoms with Crippen molar-refractivity contribution in [1.82, 2.24) is 39.0 Å². The average Bonchev–Trinajstić information content (AvgIpc) is 3.79. The highest BCUT2D eigenvalue weighted by atomic mass is 19.1. The maximum atomic E-state index is 14.1. The minimum Gasteiger partial charge on any atom is -0.444 e. The Balaban J connectivity index is 0.000000199. The molecule has 0 aromatic carbocycles. The fraction of sp³-hybridized carbons (Fsp3) is 0.545. The molecule has 1 amide bonds. The Hall–Kier alpha value is -4.93. The van der Waals surface area contributed by atoms with E-state index >= 15 is 0 Å². The third kappa shape index (κ3) is 6.71. The van der Waals surface area contributed by atoms with Crippen LogP contribution in [0.2, 0.25) is 0 Å². The van der Waals surface area contributed by atoms with Crippen LogP contribution in [0.4, 0.5) is 25.2 Å². The zero-order chi connectivity index (χ0) is 35.9. The van der Waals surface area contributed by atoms with Crippen LogP contribution in [0.5, 0.6) is 0 Å². The third-order valence-electron chi connectivity index (χ3n) is 8.99. The van der Waals surface area contributed by atoms with Gasteiger partial charge < -0.3 is 19.9 Å². The van der Waals surface area contributed by atoms with Gasteiger partial charge in [-0.25, -0.2) is 14.8 Å². The number of ether oxygens (including phenoxy) is 3. The number of carbonyl (C=O) groups excluding carboxylic acids is 1. The van der Waals surface area contributed by atoms with Crippen LogP contribution in [0.1, 0.15) is 86.6 Å². The molecule has 6 heterocycles. The standard InChI is InChI=1S/C19H24FN5O3.C14H16FN5O/c1-7-19(8-2)11(3)9-12(27-19)25-10-21-13-14(22-16(20)24-15(13)25)23-17(26)28-18(4,5)6;1-4-14(5-2)8(3)6-9(21-14)20-7-17-10-11(16)18-13(15)19-12(10)20/h1,10-12H,8-9H2,2-6H3,(H,22,23,24,26);1,7-9H,5-6H2,2-3H3,(H2,16,18,19)/t11-,12+,19+;8-,9+,14+/m00/s1. The van der Waals surface area contributed by atoms with Crippen LogP contribution < -0.4 is 11.1 Å². The maximum Gasteiger partial charge on any atom is 0.413 e. The zero-order valence-corrected chi connectivity index (χ0v) is 28.5. The number of anilines is 2. The van der Waals surface area contributed by atoms with Gasteiger partial charge in [-0.3, -0.25) is 14.5 Å². The molecule has 0 spiro atoms. The summed E-state index contributed by atoms with van der Waals surface area (Å²) in [5, 5.41) is 2.43. The molecule has 0 saturated carbocycles. The van der Waals surface area contributed by atoms with E-state index in [9.17, 15) is 13.6 Å². The number of terminal acetylenes is 2. The van der Waals surface area contributed by atoms with Gasteiger partial charge in [0.25, 0.3) is 0 Å². The number of nitrogen functional groups attached to an aromatic ring is 1. The molecule has 3 N–H and O–H groups in total. The van der Waals surface area contributed by atoms with Gasteiger partial charge in [-0.2, -0.15) is 28.7 Å². The Bertz CT molecular complexity index is 1960. The van der Waals surface area contributed by atoms with Gasteiger partial charge in [0.2, 0.25) is 0 Å². The monoisotopic (exact) mass is 678 g/mol. The number of nitrogens with two attached hydrogens (primary N) is 1. The molecular formula is C33H40F2N10O4. The number of hydrogen-bond acceptors (Lipinski definition) is 11. The molecular weight excluding hydrogens is 638 g/mol. The topological polar surface area (TPSA) is 170 Å². The third-order valence-corrected chi connectivity index (χ3v) is 8.99. The summed E-state index contributed by atoms with van der Waals surface area (Å²) in [6, 6.07) is 0. The zero-order valence-electron chi connectivity index (χ0n) is 28.5. The van der Waals surface area contributed by atoms with Crippen molar-refractivity contribution in [1.29, 1.82) is 0 Å². The summed E-state index contributed by atoms with van der Waals surface area (Å²) in [7, 11) is 0. The smallest absolute Gasteiger partial charge is 0.413 e. The van der Waals surface area contributed by atoms with E-state index in [1.807, 2.05) is 27.7 Å². The van der Waals surface area contributed by atoms with Crippen molar-refractivity contribution in [2.45, 2.75) is 103 Å². The lowest BCUT2D eigenvalue weighted by atomic mass is 9.87. The molecule has 260 valence electrons. The number of halogens is 2. The van der Waals surface area contributed by atoms with Crippen molar-refractivity contribution >= 4 is 40.1 Å². The summed E-state index contributed by atoms with van der Waals surface area (Å²) in [4.78, 5) is 35.2. The van der Waals surface area contributed by atoms with E-state index in [1.54, 1.807) is 29.9 Å². The molecule has 2 aliphatic rings. The number of amides is 1. The minimum atomic E-state index is -0.995. The summed E-state index contributed by atoms with van der Waals surface area (Å²) < 4.78 is 48.1. The lowest BCUT2D eigenvalue weighted by molar-refractivity contribution is -0.0467. The first-order valence-electron chi connectivity index (χ1n) is 16.0. The fourth-order valence-corrected chi connectivity index (χ4v) is 6.27. The largest absolute Gasteiger partial charge is 0.444 e. The second kappa shape index (κ2) is 13.2. The number of nitrogens with zero attached hydrogens (tertiary/aromatic N) is 8. The first kappa shape index (κ1) is 35.4. The van der Waals surface area contributed by atoms with Crippen molar-refractivity contribution < 1.29 is 27.8 Å². The summed E-state index contributed by atoms with van der Waals surface area (Å²) in [5.74, 6) is 5.74. The highest BCUT2D eigenvalue weighted by molar-refractivity contribution is 5.93. The number of fused-ring (bicyclic) bond motifs is 2. The molecule has 6 rings (SSSR count). The van der Waals surface area contributed by atoms with Crippen molar-refractivity contribution in [3.63, 3.8) is 0 Å². The van der Waals surface area contributed by atoms with Crippen LogP contribution in [0.25, 0.3) is 22.3 Å². The van der Waals surface area contributed by atoms with E-state index in [0.29, 0.717) is 36.8 Å². The summed E-state index contributed by atoms with van der Waals surface area (Å²) in [6.45, 7) is 13.2. The normalized spacial score (nSPS) is 26.6. The molecule has 0 bridgehead atoms. The van der Waals surface area contributed by atoms with Gasteiger partial charge in [0.05, 0.1) is 12.7 Å². The van der Waals surface area contributed by atoms with Crippen LogP contribution >= 0.6 is 0 Å². The van der Waals surface area contributed by atoms with E-state index in [2.05, 4.69) is 47.1 Å². The molecule has 14 nitrogen and oxygen atoms in total. The summed E-state index contributed by atoms with van der Waals surface area (Å²) in [5.41, 5.74) is 4.78. The van der Waals surface area contributed by atoms with Gasteiger partial charge in [0.1, 0.15) is 29.3 Å². The number of hydrogen-bond donors (Lipinski definition) is 2. The van der Waals surface area contributed by atoms with Crippen LogP contribution in [-0.2, 0) is 14.2 Å². The Morgan fingerprint density at radius 1 is 0.939 bits per heavy atom. The molecule has 16 heteroatoms. The number of nitrogens with one attached hydrogen (secondary N) is 1. The van der Waals surface area contributed by atoms with Crippen molar-refractivity contribution in [3.8, 4) is 24.7 Å². The van der Waals surface area contributed by atoms with Gasteiger partial charge in [-0.1, -0.05) is 39.5 Å². The first-order chi connectivity index (χ1) is 23.1. The Morgan fingerprint density at radius 2 is 1.41 bits per heavy atom. The molecule has 6 atom stereocenters. The summed E-state index contributed by atoms with van der Waals surface area (Å²) >= 11 is 0. The van der Waals surface area contributed by atoms with Gasteiger partial charge in [-0.05, 0) is 46.5 Å². The molecule has 2 saturated heterocycles. The highest BCUT2D eigenvalue weighted by Gasteiger charge is 2.46. The fourth-order valence-electron chi connectivity index (χ4n) is 6.27. The van der Waals surface area contributed by atoms with Gasteiger partial charge in [0, 0.05) is 11.8 Å². The number of aromatic nitrogens is 8. The van der Waals surface area contributed by atoms with Crippen LogP contribution in [-0.4, -0.2) is 61.9 Å². The van der Waals surface area contributed by atoms with E-state index in [4.69, 9.17) is 32.8 Å². The summed E-state index contributed by atoms with van der Waals surface area (Å²) in [6.07, 6.45) is 13.6. The quantitative estimate of drug-likeness (QED) is 0.201. The Morgan fingerprint density at radius 3 is 1.86 bits per heavy atom. The second-order valence-electron chi connectivity index (χ2n) is 13.2. The SMILES string of the molecule is C#C[C@]1(CC)O[C@@H](n2cnc3c(N)nc(F)nc32)C[C@@H]1C.C#C[C@]1(CC)O[C@@H](n2cnc3c(NC(=O)OC(C)(C)C)nc(F)nc32)C[C@@H]1C. The molecule has 0 unspecified atom stereocenters. The lowest BCUT2D eigenvalue weighted by Gasteiger charge is -2.25. The lowest BCUT2D eigenvalue weighted by Crippen LogP contribution is -2.31. The molecule has 4 aromatic rings. The van der Waals surface area contributed by atoms with Crippen LogP contribution in [0.15, 0.2) is 12.7 Å². The number of imidazole rings is 2. The van der Waals surface area contributed by atoms with Gasteiger partial charge >= 0.3 is 18.2 Å². The van der Waals surface area contributed by atoms with Crippen LogP contribution in [0, 0.1) is 48.7 Å². The molecule has 2 fully saturated rings. The van der Waals surface area contributed by atoms with Gasteiger partial charge in [0.15, 0.2) is 34.0 Å². The molecule has 0 radical (unpaired) electrons. The Kier molecular flexibility index (Phi) is 9.51. The maximum absolute atomic E-state index is 14.1. The average molecular weight is 679 g/mol. The predicted molar refractivity (Wildman–Crippen MR) is 176 cm³/mol. The minimum absolute atomic E-state index is 0.0148. The van der Waals surface area contributed by atoms with E-state index in [-0.39, 0.29) is 40.9 Å². The molecule has 0 aliphatic carbocycles. The second-order valence-corrected chi connectivity index (χ2v) is 13.2. The number of carbonyl (C=O) groups is 1. The molecule has 4 aromatic heterocycles. The Labute approximate surface area is 282 Å². The van der Waals surface area contributed by atoms with Crippen molar-refractivity contribution in [3.05, 3.63) is 24.8 Å². The highest BCUT2D eigenvalue weighted by Crippen LogP contribution is 2.45. The van der Waals surface area contributed by atoms with Gasteiger partial charge in [-0.15, -0.1) is 12.8 Å².